The Morgan fingerprint density at radius 2 is 1.79 bits per heavy atom. The number of para-hydroxylation sites is 1. The number of carbonyl (C=O) groups excluding carboxylic acids is 2. The van der Waals surface area contributed by atoms with Crippen LogP contribution in [0.1, 0.15) is 25.7 Å². The van der Waals surface area contributed by atoms with Crippen LogP contribution in [0.5, 0.6) is 0 Å². The zero-order valence-electron chi connectivity index (χ0n) is 10.4. The summed E-state index contributed by atoms with van der Waals surface area (Å²) >= 11 is 5.96. The molecule has 0 radical (unpaired) electrons. The molecule has 1 aliphatic rings. The molecule has 2 rings (SSSR count). The van der Waals surface area contributed by atoms with Crippen molar-refractivity contribution in [2.24, 2.45) is 11.8 Å². The monoisotopic (exact) mass is 280 g/mol. The molecule has 0 saturated heterocycles. The number of amides is 1. The highest BCUT2D eigenvalue weighted by Gasteiger charge is 2.31. The van der Waals surface area contributed by atoms with Crippen LogP contribution in [0.2, 0.25) is 5.02 Å². The number of hydrogen-bond acceptors (Lipinski definition) is 3. The topological polar surface area (TPSA) is 69.2 Å². The summed E-state index contributed by atoms with van der Waals surface area (Å²) in [5.74, 6) is -2.66. The van der Waals surface area contributed by atoms with Gasteiger partial charge in [0.1, 0.15) is 0 Å². The standard InChI is InChI=1S/C14H16ClNO3/c15-11-7-3-4-8-12(11)16-13(17)9-5-1-2-6-10(9)14(18)19/h3-4,7-10H,1-2,5-6H2,(H,16,17)(H,18,19)/p-1/t9-,10-/m1/s1. The predicted molar refractivity (Wildman–Crippen MR) is 70.5 cm³/mol. The van der Waals surface area contributed by atoms with E-state index in [4.69, 9.17) is 11.6 Å². The molecule has 4 nitrogen and oxygen atoms in total. The number of rotatable bonds is 3. The normalized spacial score (nSPS) is 22.8. The Balaban J connectivity index is 2.10. The van der Waals surface area contributed by atoms with E-state index in [0.29, 0.717) is 23.6 Å². The van der Waals surface area contributed by atoms with Crippen molar-refractivity contribution in [3.63, 3.8) is 0 Å². The first-order valence-electron chi connectivity index (χ1n) is 6.36. The minimum atomic E-state index is -1.14. The molecular formula is C14H15ClNO3-. The van der Waals surface area contributed by atoms with Gasteiger partial charge in [-0.05, 0) is 25.0 Å². The second-order valence-electron chi connectivity index (χ2n) is 4.79. The number of carbonyl (C=O) groups is 2. The minimum Gasteiger partial charge on any atom is -0.550 e. The van der Waals surface area contributed by atoms with Crippen molar-refractivity contribution in [1.29, 1.82) is 0 Å². The quantitative estimate of drug-likeness (QED) is 0.918. The smallest absolute Gasteiger partial charge is 0.228 e. The molecule has 0 unspecified atom stereocenters. The van der Waals surface area contributed by atoms with Gasteiger partial charge in [0.05, 0.1) is 10.7 Å². The first-order valence-corrected chi connectivity index (χ1v) is 6.73. The number of carboxylic acid groups (broad SMARTS) is 1. The molecule has 1 amide bonds. The van der Waals surface area contributed by atoms with Gasteiger partial charge >= 0.3 is 0 Å². The van der Waals surface area contributed by atoms with Crippen molar-refractivity contribution < 1.29 is 14.7 Å². The van der Waals surface area contributed by atoms with Crippen molar-refractivity contribution in [2.45, 2.75) is 25.7 Å². The number of aliphatic carboxylic acids is 1. The lowest BCUT2D eigenvalue weighted by Gasteiger charge is -2.31. The molecule has 0 heterocycles. The van der Waals surface area contributed by atoms with Gasteiger partial charge in [0.15, 0.2) is 0 Å². The minimum absolute atomic E-state index is 0.290. The van der Waals surface area contributed by atoms with E-state index >= 15 is 0 Å². The van der Waals surface area contributed by atoms with Crippen LogP contribution in [0.4, 0.5) is 5.69 Å². The van der Waals surface area contributed by atoms with Gasteiger partial charge in [0.25, 0.3) is 0 Å². The average Bonchev–Trinajstić information content (AvgIpc) is 2.41. The molecule has 102 valence electrons. The lowest BCUT2D eigenvalue weighted by atomic mass is 9.78. The van der Waals surface area contributed by atoms with Crippen LogP contribution in [0.25, 0.3) is 0 Å². The van der Waals surface area contributed by atoms with E-state index in [-0.39, 0.29) is 5.91 Å². The summed E-state index contributed by atoms with van der Waals surface area (Å²) in [5.41, 5.74) is 0.511. The fourth-order valence-corrected chi connectivity index (χ4v) is 2.70. The molecule has 1 aliphatic carbocycles. The molecule has 1 fully saturated rings. The van der Waals surface area contributed by atoms with E-state index in [1.807, 2.05) is 0 Å². The number of carboxylic acids is 1. The first kappa shape index (κ1) is 13.9. The number of nitrogens with one attached hydrogen (secondary N) is 1. The third-order valence-corrected chi connectivity index (χ3v) is 3.87. The molecule has 0 aromatic heterocycles. The fourth-order valence-electron chi connectivity index (χ4n) is 2.51. The Morgan fingerprint density at radius 3 is 2.42 bits per heavy atom. The number of halogens is 1. The van der Waals surface area contributed by atoms with Crippen LogP contribution in [-0.4, -0.2) is 11.9 Å². The Hall–Kier alpha value is -1.55. The lowest BCUT2D eigenvalue weighted by Crippen LogP contribution is -2.42. The van der Waals surface area contributed by atoms with Gasteiger partial charge in [-0.25, -0.2) is 0 Å². The van der Waals surface area contributed by atoms with Crippen LogP contribution >= 0.6 is 11.6 Å². The Morgan fingerprint density at radius 1 is 1.16 bits per heavy atom. The molecule has 5 heteroatoms. The van der Waals surface area contributed by atoms with E-state index in [2.05, 4.69) is 5.32 Å². The molecule has 1 N–H and O–H groups in total. The number of hydrogen-bond donors (Lipinski definition) is 1. The van der Waals surface area contributed by atoms with Gasteiger partial charge in [0, 0.05) is 17.8 Å². The average molecular weight is 281 g/mol. The highest BCUT2D eigenvalue weighted by Crippen LogP contribution is 2.31. The van der Waals surface area contributed by atoms with E-state index in [1.165, 1.54) is 0 Å². The summed E-state index contributed by atoms with van der Waals surface area (Å²) in [5, 5.41) is 14.2. The maximum Gasteiger partial charge on any atom is 0.228 e. The maximum atomic E-state index is 12.2. The van der Waals surface area contributed by atoms with E-state index in [0.717, 1.165) is 12.8 Å². The van der Waals surface area contributed by atoms with Crippen molar-refractivity contribution in [3.8, 4) is 0 Å². The van der Waals surface area contributed by atoms with Crippen LogP contribution in [-0.2, 0) is 9.59 Å². The summed E-state index contributed by atoms with van der Waals surface area (Å²) in [6.45, 7) is 0. The van der Waals surface area contributed by atoms with E-state index in [9.17, 15) is 14.7 Å². The summed E-state index contributed by atoms with van der Waals surface area (Å²) in [4.78, 5) is 23.2. The van der Waals surface area contributed by atoms with Crippen LogP contribution < -0.4 is 10.4 Å². The molecule has 0 bridgehead atoms. The third kappa shape index (κ3) is 3.26. The van der Waals surface area contributed by atoms with Crippen molar-refractivity contribution in [2.75, 3.05) is 5.32 Å². The molecular weight excluding hydrogens is 266 g/mol. The van der Waals surface area contributed by atoms with Crippen molar-refractivity contribution in [3.05, 3.63) is 29.3 Å². The van der Waals surface area contributed by atoms with Crippen molar-refractivity contribution >= 4 is 29.2 Å². The lowest BCUT2D eigenvalue weighted by molar-refractivity contribution is -0.313. The third-order valence-electron chi connectivity index (χ3n) is 3.54. The molecule has 0 spiro atoms. The summed E-state index contributed by atoms with van der Waals surface area (Å²) in [7, 11) is 0. The largest absolute Gasteiger partial charge is 0.550 e. The molecule has 1 aromatic rings. The number of anilines is 1. The molecule has 1 saturated carbocycles. The second-order valence-corrected chi connectivity index (χ2v) is 5.19. The SMILES string of the molecule is O=C([O-])[C@@H]1CCCC[C@H]1C(=O)Nc1ccccc1Cl. The van der Waals surface area contributed by atoms with E-state index in [1.54, 1.807) is 24.3 Å². The van der Waals surface area contributed by atoms with Crippen LogP contribution in [0, 0.1) is 11.8 Å². The van der Waals surface area contributed by atoms with Crippen molar-refractivity contribution in [1.82, 2.24) is 0 Å². The van der Waals surface area contributed by atoms with Gasteiger partial charge in [-0.3, -0.25) is 4.79 Å². The maximum absolute atomic E-state index is 12.2. The molecule has 0 aliphatic heterocycles. The zero-order valence-corrected chi connectivity index (χ0v) is 11.2. The molecule has 2 atom stereocenters. The van der Waals surface area contributed by atoms with E-state index < -0.39 is 17.8 Å². The Labute approximate surface area is 116 Å². The van der Waals surface area contributed by atoms with Gasteiger partial charge in [-0.15, -0.1) is 0 Å². The van der Waals surface area contributed by atoms with Gasteiger partial charge in [-0.2, -0.15) is 0 Å². The second kappa shape index (κ2) is 6.06. The Bertz CT molecular complexity index is 489. The first-order chi connectivity index (χ1) is 9.09. The van der Waals surface area contributed by atoms with Crippen LogP contribution in [0.15, 0.2) is 24.3 Å². The van der Waals surface area contributed by atoms with Gasteiger partial charge < -0.3 is 15.2 Å². The summed E-state index contributed by atoms with van der Waals surface area (Å²) in [6, 6.07) is 6.90. The summed E-state index contributed by atoms with van der Waals surface area (Å²) < 4.78 is 0. The van der Waals surface area contributed by atoms with Crippen LogP contribution in [0.3, 0.4) is 0 Å². The van der Waals surface area contributed by atoms with Gasteiger partial charge in [-0.1, -0.05) is 36.6 Å². The molecule has 19 heavy (non-hydrogen) atoms. The van der Waals surface area contributed by atoms with Gasteiger partial charge in [0.2, 0.25) is 5.91 Å². The predicted octanol–water partition coefficient (Wildman–Crippen LogP) is 1.83. The summed E-state index contributed by atoms with van der Waals surface area (Å²) in [6.07, 6.45) is 2.77. The Kier molecular flexibility index (Phi) is 4.43. The highest BCUT2D eigenvalue weighted by atomic mass is 35.5. The number of benzene rings is 1. The highest BCUT2D eigenvalue weighted by molar-refractivity contribution is 6.33. The zero-order chi connectivity index (χ0) is 13.8. The fraction of sp³-hybridized carbons (Fsp3) is 0.429. The molecule has 1 aromatic carbocycles.